The molecule has 2 atom stereocenters. The topological polar surface area (TPSA) is 47.9 Å². The lowest BCUT2D eigenvalue weighted by atomic mass is 10.2. The number of hydrogen-bond donors (Lipinski definition) is 1. The summed E-state index contributed by atoms with van der Waals surface area (Å²) in [5.41, 5.74) is 0. The second-order valence-corrected chi connectivity index (χ2v) is 3.36. The van der Waals surface area contributed by atoms with Crippen LogP contribution in [0.2, 0.25) is 0 Å². The van der Waals surface area contributed by atoms with E-state index in [9.17, 15) is 5.11 Å². The summed E-state index contributed by atoms with van der Waals surface area (Å²) >= 11 is 0. The van der Waals surface area contributed by atoms with Gasteiger partial charge in [-0.15, -0.1) is 0 Å². The van der Waals surface area contributed by atoms with E-state index < -0.39 is 11.9 Å². The fourth-order valence-electron chi connectivity index (χ4n) is 1.05. The van der Waals surface area contributed by atoms with Crippen molar-refractivity contribution >= 4 is 0 Å². The monoisotopic (exact) mass is 176 g/mol. The Kier molecular flexibility index (Phi) is 3.06. The molecule has 1 aliphatic rings. The number of hydrogen-bond acceptors (Lipinski definition) is 4. The van der Waals surface area contributed by atoms with Gasteiger partial charge in [-0.2, -0.15) is 0 Å². The Hall–Kier alpha value is -0.160. The molecule has 4 heteroatoms. The molecule has 0 aromatic rings. The molecular formula is C8H16O4. The van der Waals surface area contributed by atoms with E-state index in [1.165, 1.54) is 0 Å². The Bertz CT molecular complexity index is 146. The van der Waals surface area contributed by atoms with Crippen LogP contribution in [0, 0.1) is 0 Å². The smallest absolute Gasteiger partial charge is 0.163 e. The molecule has 1 saturated heterocycles. The quantitative estimate of drug-likeness (QED) is 0.617. The first-order chi connectivity index (χ1) is 5.55. The minimum atomic E-state index is -0.617. The van der Waals surface area contributed by atoms with Gasteiger partial charge < -0.3 is 19.3 Å². The van der Waals surface area contributed by atoms with Crippen LogP contribution in [-0.4, -0.2) is 43.4 Å². The molecule has 1 heterocycles. The second-order valence-electron chi connectivity index (χ2n) is 3.36. The van der Waals surface area contributed by atoms with Crippen molar-refractivity contribution in [2.75, 3.05) is 20.3 Å². The lowest BCUT2D eigenvalue weighted by Gasteiger charge is -2.22. The number of rotatable bonds is 1. The van der Waals surface area contributed by atoms with Gasteiger partial charge in [0.2, 0.25) is 0 Å². The van der Waals surface area contributed by atoms with Crippen molar-refractivity contribution < 1.29 is 19.3 Å². The third-order valence-electron chi connectivity index (χ3n) is 1.93. The van der Waals surface area contributed by atoms with Gasteiger partial charge in [0.15, 0.2) is 5.79 Å². The third kappa shape index (κ3) is 2.42. The highest BCUT2D eigenvalue weighted by molar-refractivity contribution is 4.73. The van der Waals surface area contributed by atoms with Gasteiger partial charge in [0.25, 0.3) is 0 Å². The lowest BCUT2D eigenvalue weighted by molar-refractivity contribution is -0.205. The molecule has 0 unspecified atom stereocenters. The van der Waals surface area contributed by atoms with Crippen LogP contribution in [-0.2, 0) is 14.2 Å². The SMILES string of the molecule is CO[C@@H]1COC(C)(C)OC[C@H]1O. The molecule has 0 aliphatic carbocycles. The Morgan fingerprint density at radius 1 is 1.33 bits per heavy atom. The van der Waals surface area contributed by atoms with Crippen molar-refractivity contribution in [2.24, 2.45) is 0 Å². The Morgan fingerprint density at radius 3 is 2.50 bits per heavy atom. The van der Waals surface area contributed by atoms with Gasteiger partial charge >= 0.3 is 0 Å². The molecule has 0 aromatic carbocycles. The molecule has 4 nitrogen and oxygen atoms in total. The molecule has 0 bridgehead atoms. The summed E-state index contributed by atoms with van der Waals surface area (Å²) in [5.74, 6) is -0.617. The average molecular weight is 176 g/mol. The van der Waals surface area contributed by atoms with Gasteiger partial charge in [0.05, 0.1) is 13.2 Å². The largest absolute Gasteiger partial charge is 0.388 e. The normalized spacial score (nSPS) is 36.0. The first-order valence-electron chi connectivity index (χ1n) is 4.04. The van der Waals surface area contributed by atoms with Crippen LogP contribution >= 0.6 is 0 Å². The summed E-state index contributed by atoms with van der Waals surface area (Å²) in [4.78, 5) is 0. The number of ether oxygens (including phenoxy) is 3. The average Bonchev–Trinajstić information content (AvgIpc) is 2.13. The zero-order valence-electron chi connectivity index (χ0n) is 7.74. The Balaban J connectivity index is 2.53. The highest BCUT2D eigenvalue weighted by atomic mass is 16.7. The highest BCUT2D eigenvalue weighted by Crippen LogP contribution is 2.18. The first-order valence-corrected chi connectivity index (χ1v) is 4.04. The summed E-state index contributed by atoms with van der Waals surface area (Å²) in [6.07, 6.45) is -0.886. The van der Waals surface area contributed by atoms with Crippen molar-refractivity contribution in [2.45, 2.75) is 31.8 Å². The zero-order valence-corrected chi connectivity index (χ0v) is 7.74. The van der Waals surface area contributed by atoms with Crippen LogP contribution < -0.4 is 0 Å². The van der Waals surface area contributed by atoms with E-state index in [0.29, 0.717) is 6.61 Å². The van der Waals surface area contributed by atoms with Gasteiger partial charge in [-0.05, 0) is 13.8 Å². The molecule has 0 radical (unpaired) electrons. The van der Waals surface area contributed by atoms with Crippen molar-refractivity contribution in [3.05, 3.63) is 0 Å². The summed E-state index contributed by atoms with van der Waals surface area (Å²) in [7, 11) is 1.55. The summed E-state index contributed by atoms with van der Waals surface area (Å²) in [5, 5.41) is 9.45. The molecular weight excluding hydrogens is 160 g/mol. The van der Waals surface area contributed by atoms with Crippen molar-refractivity contribution in [3.8, 4) is 0 Å². The third-order valence-corrected chi connectivity index (χ3v) is 1.93. The molecule has 1 N–H and O–H groups in total. The van der Waals surface area contributed by atoms with E-state index in [-0.39, 0.29) is 12.7 Å². The summed E-state index contributed by atoms with van der Waals surface area (Å²) in [6.45, 7) is 4.26. The van der Waals surface area contributed by atoms with Crippen LogP contribution in [0.5, 0.6) is 0 Å². The zero-order chi connectivity index (χ0) is 9.19. The molecule has 1 aliphatic heterocycles. The van der Waals surface area contributed by atoms with Crippen LogP contribution in [0.1, 0.15) is 13.8 Å². The maximum Gasteiger partial charge on any atom is 0.163 e. The molecule has 0 aromatic heterocycles. The Morgan fingerprint density at radius 2 is 1.92 bits per heavy atom. The van der Waals surface area contributed by atoms with Crippen LogP contribution in [0.25, 0.3) is 0 Å². The van der Waals surface area contributed by atoms with Crippen molar-refractivity contribution in [1.82, 2.24) is 0 Å². The van der Waals surface area contributed by atoms with E-state index in [1.807, 2.05) is 13.8 Å². The van der Waals surface area contributed by atoms with E-state index in [1.54, 1.807) is 7.11 Å². The van der Waals surface area contributed by atoms with E-state index in [4.69, 9.17) is 14.2 Å². The molecule has 1 rings (SSSR count). The molecule has 72 valence electrons. The van der Waals surface area contributed by atoms with Crippen LogP contribution in [0.15, 0.2) is 0 Å². The van der Waals surface area contributed by atoms with Crippen molar-refractivity contribution in [1.29, 1.82) is 0 Å². The fraction of sp³-hybridized carbons (Fsp3) is 1.00. The van der Waals surface area contributed by atoms with Gasteiger partial charge in [0.1, 0.15) is 12.2 Å². The molecule has 0 amide bonds. The predicted molar refractivity (Wildman–Crippen MR) is 42.8 cm³/mol. The van der Waals surface area contributed by atoms with E-state index in [2.05, 4.69) is 0 Å². The number of methoxy groups -OCH3 is 1. The van der Waals surface area contributed by atoms with Crippen LogP contribution in [0.3, 0.4) is 0 Å². The maximum atomic E-state index is 9.45. The number of aliphatic hydroxyl groups excluding tert-OH is 1. The van der Waals surface area contributed by atoms with E-state index >= 15 is 0 Å². The molecule has 0 saturated carbocycles. The fourth-order valence-corrected chi connectivity index (χ4v) is 1.05. The Labute approximate surface area is 72.4 Å². The standard InChI is InChI=1S/C8H16O4/c1-8(2)11-4-6(9)7(10-3)5-12-8/h6-7,9H,4-5H2,1-3H3/t6-,7-/m1/s1. The lowest BCUT2D eigenvalue weighted by Crippen LogP contribution is -2.33. The highest BCUT2D eigenvalue weighted by Gasteiger charge is 2.30. The number of aliphatic hydroxyl groups is 1. The second kappa shape index (κ2) is 3.70. The van der Waals surface area contributed by atoms with Gasteiger partial charge in [-0.1, -0.05) is 0 Å². The summed E-state index contributed by atoms with van der Waals surface area (Å²) in [6, 6.07) is 0. The molecule has 0 spiro atoms. The van der Waals surface area contributed by atoms with Crippen LogP contribution in [0.4, 0.5) is 0 Å². The molecule has 12 heavy (non-hydrogen) atoms. The van der Waals surface area contributed by atoms with Gasteiger partial charge in [0, 0.05) is 7.11 Å². The molecule has 1 fully saturated rings. The predicted octanol–water partition coefficient (Wildman–Crippen LogP) is 0.145. The minimum absolute atomic E-state index is 0.255. The van der Waals surface area contributed by atoms with E-state index in [0.717, 1.165) is 0 Å². The van der Waals surface area contributed by atoms with Gasteiger partial charge in [-0.3, -0.25) is 0 Å². The van der Waals surface area contributed by atoms with Crippen molar-refractivity contribution in [3.63, 3.8) is 0 Å². The summed E-state index contributed by atoms with van der Waals surface area (Å²) < 4.78 is 15.7. The first kappa shape index (κ1) is 9.92. The van der Waals surface area contributed by atoms with Gasteiger partial charge in [-0.25, -0.2) is 0 Å². The minimum Gasteiger partial charge on any atom is -0.388 e. The maximum absolute atomic E-state index is 9.45.